The number of methoxy groups -OCH3 is 2. The first-order valence-corrected chi connectivity index (χ1v) is 10.3. The van der Waals surface area contributed by atoms with Gasteiger partial charge in [-0.25, -0.2) is 4.98 Å². The Morgan fingerprint density at radius 1 is 1.27 bits per heavy atom. The maximum absolute atomic E-state index is 12.0. The highest BCUT2D eigenvalue weighted by atomic mass is 16.5. The lowest BCUT2D eigenvalue weighted by Crippen LogP contribution is -2.36. The van der Waals surface area contributed by atoms with Crippen molar-refractivity contribution < 1.29 is 19.0 Å². The third-order valence-electron chi connectivity index (χ3n) is 4.75. The first kappa shape index (κ1) is 23.5. The van der Waals surface area contributed by atoms with Gasteiger partial charge in [-0.05, 0) is 25.3 Å². The van der Waals surface area contributed by atoms with E-state index in [0.29, 0.717) is 53.9 Å². The molecular formula is C21H33N5O4. The zero-order chi connectivity index (χ0) is 22.1. The van der Waals surface area contributed by atoms with Crippen LogP contribution in [0.5, 0.6) is 11.5 Å². The molecule has 2 heterocycles. The Hall–Kier alpha value is -2.81. The quantitative estimate of drug-likeness (QED) is 0.627. The number of hydrogen-bond acceptors (Lipinski definition) is 8. The van der Waals surface area contributed by atoms with Gasteiger partial charge >= 0.3 is 0 Å². The third-order valence-corrected chi connectivity index (χ3v) is 4.75. The van der Waals surface area contributed by atoms with Gasteiger partial charge < -0.3 is 30.2 Å². The summed E-state index contributed by atoms with van der Waals surface area (Å²) in [4.78, 5) is 22.8. The monoisotopic (exact) mass is 419 g/mol. The molecule has 1 aromatic carbocycles. The van der Waals surface area contributed by atoms with E-state index in [2.05, 4.69) is 15.3 Å². The average molecular weight is 420 g/mol. The molecule has 166 valence electrons. The van der Waals surface area contributed by atoms with Gasteiger partial charge in [0.2, 0.25) is 11.9 Å². The molecule has 9 nitrogen and oxygen atoms in total. The summed E-state index contributed by atoms with van der Waals surface area (Å²) in [5.74, 6) is 2.02. The third kappa shape index (κ3) is 5.63. The second kappa shape index (κ2) is 11.4. The zero-order valence-corrected chi connectivity index (χ0v) is 18.5. The van der Waals surface area contributed by atoms with Crippen LogP contribution >= 0.6 is 0 Å². The normalized spacial score (nSPS) is 15.3. The van der Waals surface area contributed by atoms with Crippen LogP contribution < -0.4 is 25.4 Å². The molecule has 1 aliphatic heterocycles. The minimum absolute atomic E-state index is 0.0348. The number of nitrogen functional groups attached to an aromatic ring is 1. The summed E-state index contributed by atoms with van der Waals surface area (Å²) in [5.41, 5.74) is 6.81. The van der Waals surface area contributed by atoms with Crippen molar-refractivity contribution >= 4 is 28.6 Å². The Morgan fingerprint density at radius 3 is 2.60 bits per heavy atom. The molecule has 0 radical (unpaired) electrons. The van der Waals surface area contributed by atoms with E-state index < -0.39 is 0 Å². The molecule has 9 heteroatoms. The molecule has 3 rings (SSSR count). The molecular weight excluding hydrogens is 386 g/mol. The Labute approximate surface area is 177 Å². The van der Waals surface area contributed by atoms with Gasteiger partial charge in [0.25, 0.3) is 0 Å². The minimum Gasteiger partial charge on any atom is -0.493 e. The van der Waals surface area contributed by atoms with Crippen molar-refractivity contribution in [1.82, 2.24) is 15.3 Å². The number of carbonyl (C=O) groups excluding carboxylic acids is 1. The predicted octanol–water partition coefficient (Wildman–Crippen LogP) is 2.38. The first-order valence-electron chi connectivity index (χ1n) is 10.3. The van der Waals surface area contributed by atoms with Crippen LogP contribution in [-0.2, 0) is 9.53 Å². The fourth-order valence-corrected chi connectivity index (χ4v) is 3.16. The second-order valence-electron chi connectivity index (χ2n) is 6.70. The molecule has 1 unspecified atom stereocenters. The second-order valence-corrected chi connectivity index (χ2v) is 6.70. The molecule has 1 fully saturated rings. The smallest absolute Gasteiger partial charge is 0.249 e. The van der Waals surface area contributed by atoms with Gasteiger partial charge in [-0.2, -0.15) is 4.98 Å². The van der Waals surface area contributed by atoms with Crippen LogP contribution in [0.2, 0.25) is 0 Å². The van der Waals surface area contributed by atoms with Gasteiger partial charge in [0.1, 0.15) is 11.9 Å². The Morgan fingerprint density at radius 2 is 1.97 bits per heavy atom. The van der Waals surface area contributed by atoms with Crippen LogP contribution in [0, 0.1) is 0 Å². The topological polar surface area (TPSA) is 112 Å². The molecule has 1 aliphatic rings. The van der Waals surface area contributed by atoms with E-state index in [-0.39, 0.29) is 12.0 Å². The number of nitrogens with one attached hydrogen (secondary N) is 1. The average Bonchev–Trinajstić information content (AvgIpc) is 3.32. The Balaban J connectivity index is 0.00000155. The summed E-state index contributed by atoms with van der Waals surface area (Å²) in [6, 6.07) is 3.55. The maximum atomic E-state index is 12.0. The number of nitrogens with zero attached hydrogens (tertiary/aromatic N) is 3. The number of anilines is 2. The molecule has 1 atom stereocenters. The molecule has 0 spiro atoms. The lowest BCUT2D eigenvalue weighted by molar-refractivity contribution is -0.130. The summed E-state index contributed by atoms with van der Waals surface area (Å²) in [7, 11) is 5.04. The number of nitrogens with two attached hydrogens (primary N) is 1. The van der Waals surface area contributed by atoms with Crippen LogP contribution in [0.25, 0.3) is 10.9 Å². The van der Waals surface area contributed by atoms with Gasteiger partial charge in [-0.3, -0.25) is 4.79 Å². The van der Waals surface area contributed by atoms with Gasteiger partial charge in [0.15, 0.2) is 11.5 Å². The summed E-state index contributed by atoms with van der Waals surface area (Å²) in [5, 5.41) is 3.62. The SMILES string of the molecule is CC.COc1cc2nc(N(C)CCCNC(=O)C3CCCO3)nc(N)c2cc1OC. The van der Waals surface area contributed by atoms with Crippen molar-refractivity contribution in [2.45, 2.75) is 39.2 Å². The highest BCUT2D eigenvalue weighted by Gasteiger charge is 2.22. The summed E-state index contributed by atoms with van der Waals surface area (Å²) in [6.07, 6.45) is 2.19. The number of aromatic nitrogens is 2. The minimum atomic E-state index is -0.298. The molecule has 3 N–H and O–H groups in total. The molecule has 0 saturated carbocycles. The number of carbonyl (C=O) groups is 1. The van der Waals surface area contributed by atoms with Crippen LogP contribution in [0.1, 0.15) is 33.1 Å². The number of hydrogen-bond donors (Lipinski definition) is 2. The van der Waals surface area contributed by atoms with Crippen LogP contribution in [-0.4, -0.2) is 62.9 Å². The number of rotatable bonds is 8. The fraction of sp³-hybridized carbons (Fsp3) is 0.571. The van der Waals surface area contributed by atoms with E-state index in [9.17, 15) is 4.79 Å². The molecule has 1 saturated heterocycles. The fourth-order valence-electron chi connectivity index (χ4n) is 3.16. The van der Waals surface area contributed by atoms with Crippen LogP contribution in [0.4, 0.5) is 11.8 Å². The Bertz CT molecular complexity index is 840. The summed E-state index contributed by atoms with van der Waals surface area (Å²) >= 11 is 0. The standard InChI is InChI=1S/C19H27N5O4.C2H6/c1-24(8-5-7-21-18(25)14-6-4-9-28-14)19-22-13-11-16(27-3)15(26-2)10-12(13)17(20)23-19;1-2/h10-11,14H,4-9H2,1-3H3,(H,21,25)(H2,20,22,23);1-2H3. The predicted molar refractivity (Wildman–Crippen MR) is 118 cm³/mol. The van der Waals surface area contributed by atoms with Crippen molar-refractivity contribution in [1.29, 1.82) is 0 Å². The van der Waals surface area contributed by atoms with Gasteiger partial charge in [0, 0.05) is 38.2 Å². The lowest BCUT2D eigenvalue weighted by atomic mass is 10.2. The zero-order valence-electron chi connectivity index (χ0n) is 18.5. The van der Waals surface area contributed by atoms with E-state index in [4.69, 9.17) is 19.9 Å². The maximum Gasteiger partial charge on any atom is 0.249 e. The van der Waals surface area contributed by atoms with Gasteiger partial charge in [0.05, 0.1) is 19.7 Å². The first-order chi connectivity index (χ1) is 14.5. The number of ether oxygens (including phenoxy) is 3. The molecule has 1 aromatic heterocycles. The lowest BCUT2D eigenvalue weighted by Gasteiger charge is -2.19. The van der Waals surface area contributed by atoms with Gasteiger partial charge in [-0.15, -0.1) is 0 Å². The van der Waals surface area contributed by atoms with E-state index in [1.165, 1.54) is 0 Å². The molecule has 0 bridgehead atoms. The highest BCUT2D eigenvalue weighted by molar-refractivity contribution is 5.91. The van der Waals surface area contributed by atoms with E-state index in [0.717, 1.165) is 19.3 Å². The number of amides is 1. The molecule has 2 aromatic rings. The van der Waals surface area contributed by atoms with Gasteiger partial charge in [-0.1, -0.05) is 13.8 Å². The van der Waals surface area contributed by atoms with Crippen LogP contribution in [0.15, 0.2) is 12.1 Å². The van der Waals surface area contributed by atoms with Crippen molar-refractivity contribution in [2.24, 2.45) is 0 Å². The van der Waals surface area contributed by atoms with E-state index in [1.807, 2.05) is 25.8 Å². The number of fused-ring (bicyclic) bond motifs is 1. The Kier molecular flexibility index (Phi) is 8.91. The van der Waals surface area contributed by atoms with E-state index >= 15 is 0 Å². The highest BCUT2D eigenvalue weighted by Crippen LogP contribution is 2.33. The van der Waals surface area contributed by atoms with Crippen molar-refractivity contribution in [2.75, 3.05) is 51.6 Å². The van der Waals surface area contributed by atoms with Crippen molar-refractivity contribution in [3.8, 4) is 11.5 Å². The van der Waals surface area contributed by atoms with Crippen molar-refractivity contribution in [3.05, 3.63) is 12.1 Å². The van der Waals surface area contributed by atoms with Crippen LogP contribution in [0.3, 0.4) is 0 Å². The number of benzene rings is 1. The summed E-state index contributed by atoms with van der Waals surface area (Å²) < 4.78 is 16.0. The largest absolute Gasteiger partial charge is 0.493 e. The molecule has 0 aliphatic carbocycles. The summed E-state index contributed by atoms with van der Waals surface area (Å²) in [6.45, 7) is 5.90. The molecule has 1 amide bonds. The van der Waals surface area contributed by atoms with Crippen molar-refractivity contribution in [3.63, 3.8) is 0 Å². The molecule has 30 heavy (non-hydrogen) atoms. The van der Waals surface area contributed by atoms with E-state index in [1.54, 1.807) is 26.4 Å².